The molecule has 5 rings (SSSR count). The number of halogens is 2. The molecule has 1 N–H and O–H groups in total. The molecule has 170 valence electrons. The van der Waals surface area contributed by atoms with Crippen molar-refractivity contribution in [1.82, 2.24) is 14.8 Å². The van der Waals surface area contributed by atoms with Crippen LogP contribution in [0.25, 0.3) is 21.6 Å². The normalized spacial score (nSPS) is 17.5. The van der Waals surface area contributed by atoms with Crippen molar-refractivity contribution in [2.24, 2.45) is 0 Å². The fourth-order valence-electron chi connectivity index (χ4n) is 4.04. The van der Waals surface area contributed by atoms with Gasteiger partial charge in [-0.05, 0) is 49.1 Å². The predicted molar refractivity (Wildman–Crippen MR) is 127 cm³/mol. The van der Waals surface area contributed by atoms with Crippen LogP contribution in [0.5, 0.6) is 0 Å². The number of aryl methyl sites for hydroxylation is 1. The van der Waals surface area contributed by atoms with Crippen molar-refractivity contribution in [1.29, 1.82) is 0 Å². The van der Waals surface area contributed by atoms with Crippen LogP contribution in [0, 0.1) is 12.7 Å². The quantitative estimate of drug-likeness (QED) is 0.428. The number of pyridine rings is 1. The minimum absolute atomic E-state index is 0.0102. The van der Waals surface area contributed by atoms with E-state index in [1.54, 1.807) is 17.7 Å². The molecule has 0 saturated carbocycles. The molecule has 1 aliphatic rings. The number of fused-ring (bicyclic) bond motifs is 1. The van der Waals surface area contributed by atoms with Gasteiger partial charge in [-0.1, -0.05) is 17.7 Å². The molecule has 11 heteroatoms. The lowest BCUT2D eigenvalue weighted by Gasteiger charge is -2.12. The standard InChI is InChI=1S/C22H18ClFN4O3S2/c1-12-20-15(22(29)25-13-4-5-17(24)16(23)9-13)10-18(19-3-2-7-32-19)26-21(20)28(27-12)14-6-8-33(30,31)11-14/h2-5,7,9-10,14H,6,8,11H2,1H3,(H,25,29). The van der Waals surface area contributed by atoms with Crippen LogP contribution < -0.4 is 5.32 Å². The van der Waals surface area contributed by atoms with Gasteiger partial charge in [0.05, 0.1) is 49.8 Å². The average molecular weight is 505 g/mol. The van der Waals surface area contributed by atoms with Crippen LogP contribution in [-0.2, 0) is 9.84 Å². The van der Waals surface area contributed by atoms with Crippen LogP contribution in [0.4, 0.5) is 10.1 Å². The van der Waals surface area contributed by atoms with E-state index in [0.29, 0.717) is 40.1 Å². The first-order valence-corrected chi connectivity index (χ1v) is 13.2. The molecule has 4 aromatic rings. The molecule has 0 bridgehead atoms. The maximum atomic E-state index is 13.5. The smallest absolute Gasteiger partial charge is 0.256 e. The highest BCUT2D eigenvalue weighted by Crippen LogP contribution is 2.33. The van der Waals surface area contributed by atoms with E-state index in [9.17, 15) is 17.6 Å². The van der Waals surface area contributed by atoms with Gasteiger partial charge in [0.25, 0.3) is 5.91 Å². The molecule has 0 spiro atoms. The summed E-state index contributed by atoms with van der Waals surface area (Å²) >= 11 is 7.34. The number of anilines is 1. The van der Waals surface area contributed by atoms with Gasteiger partial charge in [-0.25, -0.2) is 22.5 Å². The molecule has 1 unspecified atom stereocenters. The number of carbonyl (C=O) groups is 1. The third kappa shape index (κ3) is 4.14. The van der Waals surface area contributed by atoms with Gasteiger partial charge in [0.2, 0.25) is 0 Å². The van der Waals surface area contributed by atoms with Crippen LogP contribution >= 0.6 is 22.9 Å². The maximum absolute atomic E-state index is 13.5. The molecule has 1 aliphatic heterocycles. The molecule has 3 aromatic heterocycles. The second kappa shape index (κ2) is 8.19. The number of thiophene rings is 1. The lowest BCUT2D eigenvalue weighted by molar-refractivity contribution is 0.102. The molecule has 1 saturated heterocycles. The highest BCUT2D eigenvalue weighted by Gasteiger charge is 2.32. The molecule has 1 atom stereocenters. The maximum Gasteiger partial charge on any atom is 0.256 e. The Hall–Kier alpha value is -2.82. The van der Waals surface area contributed by atoms with Crippen LogP contribution in [0.15, 0.2) is 41.8 Å². The number of hydrogen-bond donors (Lipinski definition) is 1. The van der Waals surface area contributed by atoms with E-state index >= 15 is 0 Å². The number of benzene rings is 1. The summed E-state index contributed by atoms with van der Waals surface area (Å²) in [4.78, 5) is 19.0. The Balaban J connectivity index is 1.65. The molecular formula is C22H18ClFN4O3S2. The molecule has 7 nitrogen and oxygen atoms in total. The van der Waals surface area contributed by atoms with Crippen molar-refractivity contribution in [3.05, 3.63) is 63.9 Å². The minimum atomic E-state index is -3.14. The van der Waals surface area contributed by atoms with E-state index in [1.807, 2.05) is 17.5 Å². The second-order valence-electron chi connectivity index (χ2n) is 7.90. The van der Waals surface area contributed by atoms with E-state index < -0.39 is 21.6 Å². The third-order valence-electron chi connectivity index (χ3n) is 5.59. The molecule has 1 amide bonds. The third-order valence-corrected chi connectivity index (χ3v) is 8.52. The molecule has 1 fully saturated rings. The lowest BCUT2D eigenvalue weighted by atomic mass is 10.1. The molecule has 0 radical (unpaired) electrons. The van der Waals surface area contributed by atoms with Crippen molar-refractivity contribution < 1.29 is 17.6 Å². The van der Waals surface area contributed by atoms with Gasteiger partial charge in [-0.3, -0.25) is 4.79 Å². The Morgan fingerprint density at radius 2 is 2.12 bits per heavy atom. The number of hydrogen-bond acceptors (Lipinski definition) is 6. The molecule has 33 heavy (non-hydrogen) atoms. The monoisotopic (exact) mass is 504 g/mol. The van der Waals surface area contributed by atoms with Crippen molar-refractivity contribution in [2.45, 2.75) is 19.4 Å². The van der Waals surface area contributed by atoms with E-state index in [2.05, 4.69) is 10.4 Å². The lowest BCUT2D eigenvalue weighted by Crippen LogP contribution is -2.15. The predicted octanol–water partition coefficient (Wildman–Crippen LogP) is 4.87. The summed E-state index contributed by atoms with van der Waals surface area (Å²) in [6, 6.07) is 9.08. The summed E-state index contributed by atoms with van der Waals surface area (Å²) < 4.78 is 39.3. The fourth-order valence-corrected chi connectivity index (χ4v) is 6.60. The van der Waals surface area contributed by atoms with Gasteiger partial charge in [0.15, 0.2) is 15.5 Å². The number of sulfone groups is 1. The molecule has 0 aliphatic carbocycles. The number of nitrogens with zero attached hydrogens (tertiary/aromatic N) is 3. The van der Waals surface area contributed by atoms with E-state index in [0.717, 1.165) is 4.88 Å². The first kappa shape index (κ1) is 22.0. The second-order valence-corrected chi connectivity index (χ2v) is 11.5. The average Bonchev–Trinajstić information content (AvgIpc) is 3.49. The van der Waals surface area contributed by atoms with Crippen molar-refractivity contribution >= 4 is 55.4 Å². The van der Waals surface area contributed by atoms with E-state index in [1.165, 1.54) is 29.5 Å². The SMILES string of the molecule is Cc1nn(C2CCS(=O)(=O)C2)c2nc(-c3cccs3)cc(C(=O)Nc3ccc(F)c(Cl)c3)c12. The topological polar surface area (TPSA) is 93.9 Å². The number of amides is 1. The van der Waals surface area contributed by atoms with E-state index in [4.69, 9.17) is 16.6 Å². The summed E-state index contributed by atoms with van der Waals surface area (Å²) in [5.74, 6) is -0.917. The van der Waals surface area contributed by atoms with Crippen molar-refractivity contribution in [2.75, 3.05) is 16.8 Å². The van der Waals surface area contributed by atoms with E-state index in [-0.39, 0.29) is 22.6 Å². The van der Waals surface area contributed by atoms with Gasteiger partial charge in [-0.2, -0.15) is 5.10 Å². The molecular weight excluding hydrogens is 487 g/mol. The van der Waals surface area contributed by atoms with Crippen LogP contribution in [0.1, 0.15) is 28.5 Å². The Morgan fingerprint density at radius 3 is 2.79 bits per heavy atom. The number of aromatic nitrogens is 3. The number of nitrogens with one attached hydrogen (secondary N) is 1. The Kier molecular flexibility index (Phi) is 5.46. The Labute approximate surface area is 198 Å². The zero-order valence-electron chi connectivity index (χ0n) is 17.4. The summed E-state index contributed by atoms with van der Waals surface area (Å²) in [5.41, 5.74) is 2.31. The zero-order chi connectivity index (χ0) is 23.3. The van der Waals surface area contributed by atoms with Gasteiger partial charge < -0.3 is 5.32 Å². The summed E-state index contributed by atoms with van der Waals surface area (Å²) in [5, 5.41) is 9.70. The number of rotatable bonds is 4. The summed E-state index contributed by atoms with van der Waals surface area (Å²) in [6.07, 6.45) is 0.444. The molecule has 1 aromatic carbocycles. The first-order valence-electron chi connectivity index (χ1n) is 10.1. The van der Waals surface area contributed by atoms with Gasteiger partial charge >= 0.3 is 0 Å². The fraction of sp³-hybridized carbons (Fsp3) is 0.227. The van der Waals surface area contributed by atoms with Crippen LogP contribution in [0.2, 0.25) is 5.02 Å². The van der Waals surface area contributed by atoms with Crippen molar-refractivity contribution in [3.63, 3.8) is 0 Å². The highest BCUT2D eigenvalue weighted by atomic mass is 35.5. The largest absolute Gasteiger partial charge is 0.322 e. The zero-order valence-corrected chi connectivity index (χ0v) is 19.8. The summed E-state index contributed by atoms with van der Waals surface area (Å²) in [7, 11) is -3.14. The van der Waals surface area contributed by atoms with Crippen LogP contribution in [0.3, 0.4) is 0 Å². The van der Waals surface area contributed by atoms with Crippen LogP contribution in [-0.4, -0.2) is 40.6 Å². The Morgan fingerprint density at radius 1 is 1.30 bits per heavy atom. The van der Waals surface area contributed by atoms with Crippen molar-refractivity contribution in [3.8, 4) is 10.6 Å². The van der Waals surface area contributed by atoms with Gasteiger partial charge in [0.1, 0.15) is 5.82 Å². The van der Waals surface area contributed by atoms with Gasteiger partial charge in [-0.15, -0.1) is 11.3 Å². The summed E-state index contributed by atoms with van der Waals surface area (Å²) in [6.45, 7) is 1.76. The van der Waals surface area contributed by atoms with Gasteiger partial charge in [0, 0.05) is 5.69 Å². The minimum Gasteiger partial charge on any atom is -0.322 e. The first-order chi connectivity index (χ1) is 15.7. The highest BCUT2D eigenvalue weighted by molar-refractivity contribution is 7.91. The number of carbonyl (C=O) groups excluding carboxylic acids is 1. The molecule has 4 heterocycles. The Bertz CT molecular complexity index is 1500.